The number of phenolic OH excluding ortho intramolecular Hbond substituents is 2. The van der Waals surface area contributed by atoms with Gasteiger partial charge in [-0.2, -0.15) is 0 Å². The molecule has 28 heavy (non-hydrogen) atoms. The molecule has 2 rings (SSSR count). The van der Waals surface area contributed by atoms with Crippen LogP contribution in [-0.4, -0.2) is 22.0 Å². The first-order chi connectivity index (χ1) is 13.3. The van der Waals surface area contributed by atoms with Crippen molar-refractivity contribution in [3.8, 4) is 22.6 Å². The number of allylic oxidation sites excluding steroid dienone is 2. The Bertz CT molecular complexity index is 948. The van der Waals surface area contributed by atoms with Crippen molar-refractivity contribution in [2.24, 2.45) is 0 Å². The minimum atomic E-state index is -0.333. The lowest BCUT2D eigenvalue weighted by Crippen LogP contribution is -2.08. The Labute approximate surface area is 164 Å². The summed E-state index contributed by atoms with van der Waals surface area (Å²) >= 11 is 0. The van der Waals surface area contributed by atoms with Crippen molar-refractivity contribution in [3.05, 3.63) is 60.7 Å². The van der Waals surface area contributed by atoms with E-state index in [2.05, 4.69) is 23.8 Å². The number of aromatic hydroxyl groups is 2. The largest absolute Gasteiger partial charge is 0.505 e. The van der Waals surface area contributed by atoms with E-state index in [0.29, 0.717) is 29.5 Å². The molecule has 0 saturated heterocycles. The van der Waals surface area contributed by atoms with Gasteiger partial charge in [0.1, 0.15) is 11.5 Å². The second kappa shape index (κ2) is 8.90. The molecule has 0 aliphatic heterocycles. The Morgan fingerprint density at radius 2 is 1.46 bits per heavy atom. The predicted molar refractivity (Wildman–Crippen MR) is 112 cm³/mol. The lowest BCUT2D eigenvalue weighted by molar-refractivity contribution is -0.115. The van der Waals surface area contributed by atoms with Gasteiger partial charge in [0.05, 0.1) is 11.4 Å². The number of rotatable bonds is 7. The van der Waals surface area contributed by atoms with Crippen LogP contribution >= 0.6 is 0 Å². The molecule has 0 bridgehead atoms. The minimum absolute atomic E-state index is 0.0531. The molecule has 0 radical (unpaired) electrons. The molecule has 0 unspecified atom stereocenters. The van der Waals surface area contributed by atoms with E-state index in [0.717, 1.165) is 5.56 Å². The van der Waals surface area contributed by atoms with E-state index in [9.17, 15) is 19.8 Å². The highest BCUT2D eigenvalue weighted by molar-refractivity contribution is 5.95. The summed E-state index contributed by atoms with van der Waals surface area (Å²) < 4.78 is 0. The third kappa shape index (κ3) is 4.79. The molecular weight excluding hydrogens is 356 g/mol. The highest BCUT2D eigenvalue weighted by Crippen LogP contribution is 2.41. The Morgan fingerprint density at radius 1 is 0.893 bits per heavy atom. The first-order valence-electron chi connectivity index (χ1n) is 8.75. The number of nitrogens with one attached hydrogen (secondary N) is 2. The Kier molecular flexibility index (Phi) is 6.60. The van der Waals surface area contributed by atoms with Crippen molar-refractivity contribution in [3.63, 3.8) is 0 Å². The van der Waals surface area contributed by atoms with Crippen molar-refractivity contribution in [1.29, 1.82) is 0 Å². The van der Waals surface area contributed by atoms with Crippen LogP contribution in [0.15, 0.2) is 49.6 Å². The Morgan fingerprint density at radius 3 is 2.00 bits per heavy atom. The summed E-state index contributed by atoms with van der Waals surface area (Å²) in [5, 5.41) is 26.4. The number of hydrogen-bond donors (Lipinski definition) is 4. The molecule has 146 valence electrons. The molecule has 0 heterocycles. The number of carbonyl (C=O) groups excluding carboxylic acids is 2. The van der Waals surface area contributed by atoms with Gasteiger partial charge in [0.2, 0.25) is 11.8 Å². The quantitative estimate of drug-likeness (QED) is 0.429. The lowest BCUT2D eigenvalue weighted by atomic mass is 9.95. The van der Waals surface area contributed by atoms with Gasteiger partial charge in [-0.15, -0.1) is 13.2 Å². The summed E-state index contributed by atoms with van der Waals surface area (Å²) in [7, 11) is 0. The third-order valence-corrected chi connectivity index (χ3v) is 4.04. The van der Waals surface area contributed by atoms with Crippen LogP contribution in [0.1, 0.15) is 25.0 Å². The average molecular weight is 380 g/mol. The fourth-order valence-corrected chi connectivity index (χ4v) is 2.93. The first kappa shape index (κ1) is 20.8. The van der Waals surface area contributed by atoms with Crippen LogP contribution in [0.2, 0.25) is 0 Å². The zero-order valence-electron chi connectivity index (χ0n) is 16.0. The van der Waals surface area contributed by atoms with Crippen LogP contribution in [-0.2, 0) is 22.4 Å². The van der Waals surface area contributed by atoms with Crippen LogP contribution in [0.3, 0.4) is 0 Å². The van der Waals surface area contributed by atoms with Crippen molar-refractivity contribution < 1.29 is 19.8 Å². The Hall–Kier alpha value is -3.54. The van der Waals surface area contributed by atoms with Gasteiger partial charge in [-0.25, -0.2) is 0 Å². The van der Waals surface area contributed by atoms with Crippen molar-refractivity contribution in [1.82, 2.24) is 0 Å². The molecule has 0 spiro atoms. The molecule has 2 amide bonds. The highest BCUT2D eigenvalue weighted by atomic mass is 16.3. The lowest BCUT2D eigenvalue weighted by Gasteiger charge is -2.16. The van der Waals surface area contributed by atoms with Gasteiger partial charge in [0.25, 0.3) is 0 Å². The molecule has 6 nitrogen and oxygen atoms in total. The molecule has 0 aliphatic carbocycles. The molecule has 4 N–H and O–H groups in total. The molecule has 0 aromatic heterocycles. The number of amides is 2. The van der Waals surface area contributed by atoms with Gasteiger partial charge < -0.3 is 20.8 Å². The van der Waals surface area contributed by atoms with Gasteiger partial charge in [0.15, 0.2) is 0 Å². The molecule has 6 heteroatoms. The van der Waals surface area contributed by atoms with Crippen LogP contribution in [0, 0.1) is 0 Å². The van der Waals surface area contributed by atoms with Crippen molar-refractivity contribution in [2.45, 2.75) is 26.7 Å². The van der Waals surface area contributed by atoms with E-state index in [4.69, 9.17) is 0 Å². The van der Waals surface area contributed by atoms with E-state index in [-0.39, 0.29) is 34.7 Å². The first-order valence-corrected chi connectivity index (χ1v) is 8.75. The smallest absolute Gasteiger partial charge is 0.221 e. The zero-order chi connectivity index (χ0) is 20.8. The number of hydrogen-bond acceptors (Lipinski definition) is 4. The van der Waals surface area contributed by atoms with Crippen LogP contribution in [0.4, 0.5) is 11.4 Å². The van der Waals surface area contributed by atoms with E-state index < -0.39 is 0 Å². The van der Waals surface area contributed by atoms with Crippen LogP contribution in [0.5, 0.6) is 11.5 Å². The summed E-state index contributed by atoms with van der Waals surface area (Å²) in [5.74, 6) is -0.802. The number of phenols is 2. The third-order valence-electron chi connectivity index (χ3n) is 4.04. The van der Waals surface area contributed by atoms with Crippen LogP contribution in [0.25, 0.3) is 11.1 Å². The van der Waals surface area contributed by atoms with E-state index in [1.54, 1.807) is 36.4 Å². The predicted octanol–water partition coefficient (Wildman–Crippen LogP) is 4.14. The van der Waals surface area contributed by atoms with E-state index >= 15 is 0 Å². The molecule has 0 aliphatic rings. The topological polar surface area (TPSA) is 98.7 Å². The maximum Gasteiger partial charge on any atom is 0.221 e. The van der Waals surface area contributed by atoms with Crippen LogP contribution < -0.4 is 10.6 Å². The number of anilines is 2. The molecule has 0 atom stereocenters. The molecule has 2 aromatic rings. The van der Waals surface area contributed by atoms with Crippen molar-refractivity contribution >= 4 is 23.2 Å². The summed E-state index contributed by atoms with van der Waals surface area (Å²) in [4.78, 5) is 23.0. The normalized spacial score (nSPS) is 10.2. The van der Waals surface area contributed by atoms with Gasteiger partial charge in [-0.05, 0) is 48.2 Å². The van der Waals surface area contributed by atoms with E-state index in [1.807, 2.05) is 0 Å². The van der Waals surface area contributed by atoms with Gasteiger partial charge in [0, 0.05) is 25.0 Å². The standard InChI is InChI=1S/C22H24N2O4/c1-5-7-15-9-18(22(28)19(10-15)23-13(3)25)17-11-16(8-6-2)21(27)20(12-17)24-14(4)26/h5-6,9-12,27-28H,1-2,7-8H2,3-4H3,(H,23,25)(H,24,26). The number of carbonyl (C=O) groups is 2. The molecule has 0 fully saturated rings. The maximum absolute atomic E-state index is 11.5. The Balaban J connectivity index is 2.73. The fraction of sp³-hybridized carbons (Fsp3) is 0.182. The summed E-state index contributed by atoms with van der Waals surface area (Å²) in [6.45, 7) is 10.1. The van der Waals surface area contributed by atoms with Crippen molar-refractivity contribution in [2.75, 3.05) is 10.6 Å². The molecule has 2 aromatic carbocycles. The minimum Gasteiger partial charge on any atom is -0.505 e. The molecular formula is C22H24N2O4. The summed E-state index contributed by atoms with van der Waals surface area (Å²) in [6.07, 6.45) is 4.26. The van der Waals surface area contributed by atoms with Gasteiger partial charge in [-0.3, -0.25) is 9.59 Å². The fourth-order valence-electron chi connectivity index (χ4n) is 2.93. The highest BCUT2D eigenvalue weighted by Gasteiger charge is 2.17. The molecule has 0 saturated carbocycles. The SMILES string of the molecule is C=CCc1cc(NC(C)=O)c(O)c(-c2cc(CC=C)c(O)c(NC(C)=O)c2)c1. The summed E-state index contributed by atoms with van der Waals surface area (Å²) in [6, 6.07) is 6.76. The van der Waals surface area contributed by atoms with Gasteiger partial charge >= 0.3 is 0 Å². The number of benzene rings is 2. The monoisotopic (exact) mass is 380 g/mol. The second-order valence-corrected chi connectivity index (χ2v) is 6.42. The van der Waals surface area contributed by atoms with E-state index in [1.165, 1.54) is 13.8 Å². The maximum atomic E-state index is 11.5. The average Bonchev–Trinajstić information content (AvgIpc) is 2.60. The zero-order valence-corrected chi connectivity index (χ0v) is 16.0. The second-order valence-electron chi connectivity index (χ2n) is 6.42. The van der Waals surface area contributed by atoms with Gasteiger partial charge in [-0.1, -0.05) is 12.2 Å². The summed E-state index contributed by atoms with van der Waals surface area (Å²) in [5.41, 5.74) is 2.93.